The summed E-state index contributed by atoms with van der Waals surface area (Å²) >= 11 is 0. The molecule has 5 amide bonds. The molecule has 0 heterocycles. The Morgan fingerprint density at radius 3 is 0.518 bits per heavy atom. The van der Waals surface area contributed by atoms with Crippen molar-refractivity contribution in [3.63, 3.8) is 0 Å². The topological polar surface area (TPSA) is 191 Å². The first-order valence-electron chi connectivity index (χ1n) is 49.7. The van der Waals surface area contributed by atoms with Crippen LogP contribution in [0.25, 0.3) is 0 Å². The number of nitrogens with one attached hydrogen (secondary N) is 6. The molecular weight excluding hydrogens is 1390 g/mol. The number of aliphatic hydroxyl groups excluding tert-OH is 1. The van der Waals surface area contributed by atoms with Crippen LogP contribution >= 0.6 is 0 Å². The third kappa shape index (κ3) is 83.6. The molecule has 0 aromatic heterocycles. The van der Waals surface area contributed by atoms with E-state index in [0.717, 1.165) is 83.6 Å². The van der Waals surface area contributed by atoms with Crippen molar-refractivity contribution in [1.82, 2.24) is 51.5 Å². The molecule has 0 aliphatic rings. The van der Waals surface area contributed by atoms with Crippen molar-refractivity contribution in [2.75, 3.05) is 118 Å². The third-order valence-electron chi connectivity index (χ3n) is 23.4. The summed E-state index contributed by atoms with van der Waals surface area (Å²) in [4.78, 5) is 77.9. The van der Waals surface area contributed by atoms with Gasteiger partial charge in [-0.1, -0.05) is 388 Å². The second-order valence-corrected chi connectivity index (χ2v) is 34.2. The van der Waals surface area contributed by atoms with E-state index in [-0.39, 0.29) is 29.5 Å². The summed E-state index contributed by atoms with van der Waals surface area (Å²) in [6.07, 6.45) is 77.0. The van der Waals surface area contributed by atoms with E-state index in [1.807, 2.05) is 0 Å². The maximum Gasteiger partial charge on any atom is 0.221 e. The molecule has 0 spiro atoms. The molecule has 7 N–H and O–H groups in total. The first-order valence-corrected chi connectivity index (χ1v) is 49.7. The average molecular weight is 1580 g/mol. The average Bonchev–Trinajstić information content (AvgIpc) is 0.916. The lowest BCUT2D eigenvalue weighted by molar-refractivity contribution is -0.123. The SMILES string of the molecule is CCCCCCCCCCCCNC(=O)CCN(CCC(=O)NCCCCCCCCCCCC)CCN(CCN(CCC(=O)NCCCCCCCCCCCC)CCC(=O)NCCCCCCCCCCCC)CCN(CCC(=O)NCCCCCCCCCCCC)CCC(O)NCCCCCCCCCCCC. The summed E-state index contributed by atoms with van der Waals surface area (Å²) in [6.45, 7) is 25.3. The zero-order valence-corrected chi connectivity index (χ0v) is 75.8. The van der Waals surface area contributed by atoms with Crippen LogP contribution < -0.4 is 31.9 Å². The van der Waals surface area contributed by atoms with Crippen LogP contribution in [0.4, 0.5) is 0 Å². The lowest BCUT2D eigenvalue weighted by Gasteiger charge is -2.32. The Hall–Kier alpha value is -2.89. The standard InChI is InChI=1S/C96H194N10O6/c1-7-13-19-25-31-37-43-49-55-61-73-97-91(107)67-79-103(80-68-92(108)98-74-62-56-50-44-38-32-26-20-14-8-2)85-88-106(89-86-104(81-69-93(109)99-75-63-57-51-45-39-33-27-21-15-9-3)82-70-94(110)100-76-64-58-52-46-40-34-28-22-16-10-4)90-87-105(83-71-95(111)101-77-65-59-53-47-41-35-29-23-17-11-5)84-72-96(112)102-78-66-60-54-48-42-36-30-24-18-12-6/h91,97,107H,7-90H2,1-6H3,(H,98,108)(H,99,109)(H,100,110)(H,101,111)(H,102,112). The maximum atomic E-state index is 13.7. The van der Waals surface area contributed by atoms with Gasteiger partial charge in [0.15, 0.2) is 0 Å². The third-order valence-corrected chi connectivity index (χ3v) is 23.4. The van der Waals surface area contributed by atoms with Crippen molar-refractivity contribution in [2.45, 2.75) is 472 Å². The predicted molar refractivity (Wildman–Crippen MR) is 484 cm³/mol. The number of rotatable bonds is 94. The molecule has 0 aliphatic heterocycles. The summed E-state index contributed by atoms with van der Waals surface area (Å²) in [6, 6.07) is 0. The van der Waals surface area contributed by atoms with E-state index >= 15 is 0 Å². The summed E-state index contributed by atoms with van der Waals surface area (Å²) < 4.78 is 0. The second kappa shape index (κ2) is 90.4. The fourth-order valence-corrected chi connectivity index (χ4v) is 15.4. The lowest BCUT2D eigenvalue weighted by atomic mass is 10.1. The van der Waals surface area contributed by atoms with Gasteiger partial charge in [0, 0.05) is 143 Å². The Morgan fingerprint density at radius 1 is 0.196 bits per heavy atom. The van der Waals surface area contributed by atoms with Gasteiger partial charge in [0.2, 0.25) is 29.5 Å². The minimum atomic E-state index is -0.650. The molecular formula is C96H194N10O6. The van der Waals surface area contributed by atoms with Gasteiger partial charge in [-0.05, 0) is 51.5 Å². The monoisotopic (exact) mass is 1580 g/mol. The number of hydrogen-bond donors (Lipinski definition) is 7. The van der Waals surface area contributed by atoms with Crippen molar-refractivity contribution >= 4 is 29.5 Å². The Morgan fingerprint density at radius 2 is 0.339 bits per heavy atom. The van der Waals surface area contributed by atoms with Gasteiger partial charge in [-0.2, -0.15) is 0 Å². The second-order valence-electron chi connectivity index (χ2n) is 34.2. The molecule has 0 rings (SSSR count). The highest BCUT2D eigenvalue weighted by Crippen LogP contribution is 2.17. The van der Waals surface area contributed by atoms with E-state index in [1.165, 1.54) is 308 Å². The molecule has 16 nitrogen and oxygen atoms in total. The van der Waals surface area contributed by atoms with E-state index in [9.17, 15) is 29.1 Å². The zero-order valence-electron chi connectivity index (χ0n) is 75.8. The van der Waals surface area contributed by atoms with Crippen LogP contribution in [0.1, 0.15) is 465 Å². The van der Waals surface area contributed by atoms with Gasteiger partial charge in [-0.15, -0.1) is 0 Å². The first kappa shape index (κ1) is 109. The van der Waals surface area contributed by atoms with Crippen molar-refractivity contribution in [1.29, 1.82) is 0 Å². The molecule has 1 atom stereocenters. The Balaban J connectivity index is 6.87. The summed E-state index contributed by atoms with van der Waals surface area (Å²) in [7, 11) is 0. The molecule has 0 bridgehead atoms. The molecule has 112 heavy (non-hydrogen) atoms. The van der Waals surface area contributed by atoms with Crippen molar-refractivity contribution in [3.05, 3.63) is 0 Å². The van der Waals surface area contributed by atoms with Crippen molar-refractivity contribution in [2.24, 2.45) is 0 Å². The molecule has 0 saturated heterocycles. The van der Waals surface area contributed by atoms with Gasteiger partial charge >= 0.3 is 0 Å². The van der Waals surface area contributed by atoms with Crippen LogP contribution in [0.2, 0.25) is 0 Å². The number of nitrogens with zero attached hydrogens (tertiary/aromatic N) is 4. The number of amides is 5. The molecule has 0 aliphatic carbocycles. The maximum absolute atomic E-state index is 13.7. The van der Waals surface area contributed by atoms with Gasteiger partial charge in [0.25, 0.3) is 0 Å². The minimum absolute atomic E-state index is 0.0576. The molecule has 0 radical (unpaired) electrons. The summed E-state index contributed by atoms with van der Waals surface area (Å²) in [5.74, 6) is 0.304. The minimum Gasteiger partial charge on any atom is -0.379 e. The van der Waals surface area contributed by atoms with Gasteiger partial charge in [-0.3, -0.25) is 34.2 Å². The number of aliphatic hydroxyl groups is 1. The van der Waals surface area contributed by atoms with Crippen LogP contribution in [-0.2, 0) is 24.0 Å². The predicted octanol–water partition coefficient (Wildman–Crippen LogP) is 22.5. The Kier molecular flexibility index (Phi) is 88.1. The molecule has 0 aromatic carbocycles. The van der Waals surface area contributed by atoms with Crippen LogP contribution in [0.3, 0.4) is 0 Å². The molecule has 664 valence electrons. The number of unbranched alkanes of at least 4 members (excludes halogenated alkanes) is 54. The Labute approximate surface area is 695 Å². The Bertz CT molecular complexity index is 1800. The molecule has 1 unspecified atom stereocenters. The van der Waals surface area contributed by atoms with Crippen LogP contribution in [-0.4, -0.2) is 178 Å². The molecule has 0 saturated carbocycles. The van der Waals surface area contributed by atoms with Crippen molar-refractivity contribution < 1.29 is 29.1 Å². The highest BCUT2D eigenvalue weighted by molar-refractivity contribution is 5.77. The van der Waals surface area contributed by atoms with Crippen LogP contribution in [0, 0.1) is 0 Å². The van der Waals surface area contributed by atoms with Gasteiger partial charge in [0.1, 0.15) is 6.23 Å². The highest BCUT2D eigenvalue weighted by atomic mass is 16.3. The van der Waals surface area contributed by atoms with E-state index in [4.69, 9.17) is 0 Å². The highest BCUT2D eigenvalue weighted by Gasteiger charge is 2.20. The van der Waals surface area contributed by atoms with Crippen LogP contribution in [0.5, 0.6) is 0 Å². The van der Waals surface area contributed by atoms with E-state index in [2.05, 4.69) is 93.0 Å². The van der Waals surface area contributed by atoms with Crippen LogP contribution in [0.15, 0.2) is 0 Å². The van der Waals surface area contributed by atoms with Gasteiger partial charge in [0.05, 0.1) is 0 Å². The summed E-state index contributed by atoms with van der Waals surface area (Å²) in [5, 5.41) is 31.2. The number of carbonyl (C=O) groups is 5. The van der Waals surface area contributed by atoms with Gasteiger partial charge < -0.3 is 46.4 Å². The smallest absolute Gasteiger partial charge is 0.221 e. The first-order chi connectivity index (χ1) is 55.0. The molecule has 0 fully saturated rings. The lowest BCUT2D eigenvalue weighted by Crippen LogP contribution is -2.46. The molecule has 0 aromatic rings. The number of hydrogen-bond acceptors (Lipinski definition) is 11. The van der Waals surface area contributed by atoms with Crippen molar-refractivity contribution in [3.8, 4) is 0 Å². The quantitative estimate of drug-likeness (QED) is 0.0227. The normalized spacial score (nSPS) is 12.0. The fourth-order valence-electron chi connectivity index (χ4n) is 15.4. The van der Waals surface area contributed by atoms with E-state index in [1.54, 1.807) is 0 Å². The summed E-state index contributed by atoms with van der Waals surface area (Å²) in [5.41, 5.74) is 0. The fraction of sp³-hybridized carbons (Fsp3) is 0.948. The largest absolute Gasteiger partial charge is 0.379 e. The van der Waals surface area contributed by atoms with E-state index < -0.39 is 6.23 Å². The van der Waals surface area contributed by atoms with Gasteiger partial charge in [-0.25, -0.2) is 0 Å². The van der Waals surface area contributed by atoms with E-state index in [0.29, 0.717) is 150 Å². The molecule has 16 heteroatoms. The zero-order chi connectivity index (χ0) is 81.4. The number of carbonyl (C=O) groups excluding carboxylic acids is 5.